The molecule has 0 N–H and O–H groups in total. The fourth-order valence-electron chi connectivity index (χ4n) is 1.39. The van der Waals surface area contributed by atoms with Crippen molar-refractivity contribution in [1.82, 2.24) is 0 Å². The molecule has 0 bridgehead atoms. The molecule has 0 aromatic heterocycles. The van der Waals surface area contributed by atoms with Gasteiger partial charge in [0.15, 0.2) is 7.14 Å². The Morgan fingerprint density at radius 1 is 0.684 bits per heavy atom. The van der Waals surface area contributed by atoms with Crippen LogP contribution in [0.1, 0.15) is 7.43 Å². The molecule has 0 aliphatic rings. The lowest BCUT2D eigenvalue weighted by Gasteiger charge is -1.97. The third-order valence-electron chi connectivity index (χ3n) is 2.32. The molecule has 104 valence electrons. The summed E-state index contributed by atoms with van der Waals surface area (Å²) in [4.78, 5) is 0. The Hall–Kier alpha value is -1.23. The Bertz CT molecular complexity index is 418. The van der Waals surface area contributed by atoms with Gasteiger partial charge in [-0.15, -0.1) is 0 Å². The Morgan fingerprint density at radius 2 is 1.00 bits per heavy atom. The highest BCUT2D eigenvalue weighted by molar-refractivity contribution is 5.22. The van der Waals surface area contributed by atoms with E-state index in [0.717, 1.165) is 11.5 Å². The first-order valence-corrected chi connectivity index (χ1v) is 7.40. The molecule has 0 radical (unpaired) electrons. The summed E-state index contributed by atoms with van der Waals surface area (Å²) in [6, 6.07) is 16.6. The molecule has 0 aliphatic carbocycles. The standard InChI is InChI=1S/C14H14IO2.CH4.CH3/c1-16-13-7-3-11(4-8-13)15-12-5-9-14(17-2)10-6-12;;/h3-10H,1-2H3;1H4;1H3/q+1;;-1. The molecular formula is C16H21IO2. The zero-order chi connectivity index (χ0) is 12.1. The average molecular weight is 372 g/mol. The monoisotopic (exact) mass is 372 g/mol. The zero-order valence-corrected chi connectivity index (χ0v) is 13.0. The molecule has 2 nitrogen and oxygen atoms in total. The number of rotatable bonds is 4. The Morgan fingerprint density at radius 3 is 1.26 bits per heavy atom. The quantitative estimate of drug-likeness (QED) is 0.587. The fraction of sp³-hybridized carbons (Fsp3) is 0.188. The predicted octanol–water partition coefficient (Wildman–Crippen LogP) is 0.919. The summed E-state index contributed by atoms with van der Waals surface area (Å²) in [7, 11) is 3.38. The predicted molar refractivity (Wildman–Crippen MR) is 76.5 cm³/mol. The van der Waals surface area contributed by atoms with Crippen LogP contribution < -0.4 is 30.7 Å². The molecule has 3 heteroatoms. The first-order chi connectivity index (χ1) is 8.31. The van der Waals surface area contributed by atoms with Crippen LogP contribution in [0.5, 0.6) is 11.5 Å². The van der Waals surface area contributed by atoms with Crippen molar-refractivity contribution in [3.63, 3.8) is 0 Å². The molecule has 0 spiro atoms. The van der Waals surface area contributed by atoms with Crippen LogP contribution in [-0.4, -0.2) is 14.2 Å². The van der Waals surface area contributed by atoms with Crippen LogP contribution in [-0.2, 0) is 0 Å². The summed E-state index contributed by atoms with van der Waals surface area (Å²) in [6.45, 7) is 0. The van der Waals surface area contributed by atoms with Gasteiger partial charge in [0.2, 0.25) is 0 Å². The molecule has 0 unspecified atom stereocenters. The number of benzene rings is 2. The third-order valence-corrected chi connectivity index (χ3v) is 5.00. The van der Waals surface area contributed by atoms with Gasteiger partial charge in [0.05, 0.1) is 14.2 Å². The molecule has 2 rings (SSSR count). The summed E-state index contributed by atoms with van der Waals surface area (Å²) in [5.41, 5.74) is 0. The molecule has 2 aromatic carbocycles. The fourth-order valence-corrected chi connectivity index (χ4v) is 3.55. The van der Waals surface area contributed by atoms with Gasteiger partial charge in [0.1, 0.15) is 11.5 Å². The van der Waals surface area contributed by atoms with Gasteiger partial charge in [0, 0.05) is 0 Å². The van der Waals surface area contributed by atoms with E-state index in [1.54, 1.807) is 14.2 Å². The van der Waals surface area contributed by atoms with E-state index in [-0.39, 0.29) is 36.1 Å². The van der Waals surface area contributed by atoms with Crippen LogP contribution in [0.4, 0.5) is 0 Å². The van der Waals surface area contributed by atoms with Gasteiger partial charge in [-0.2, -0.15) is 0 Å². The number of methoxy groups -OCH3 is 2. The van der Waals surface area contributed by atoms with Crippen LogP contribution >= 0.6 is 0 Å². The van der Waals surface area contributed by atoms with Crippen molar-refractivity contribution in [3.05, 3.63) is 63.1 Å². The molecule has 0 saturated carbocycles. The van der Waals surface area contributed by atoms with Crippen molar-refractivity contribution in [3.8, 4) is 11.5 Å². The maximum atomic E-state index is 5.15. The maximum absolute atomic E-state index is 5.15. The molecule has 0 fully saturated rings. The van der Waals surface area contributed by atoms with E-state index in [2.05, 4.69) is 24.3 Å². The minimum absolute atomic E-state index is 0. The second kappa shape index (κ2) is 8.80. The SMILES string of the molecule is C.COc1ccc([I+]c2ccc(OC)cc2)cc1.[CH3-]. The molecule has 0 aliphatic heterocycles. The highest BCUT2D eigenvalue weighted by Gasteiger charge is 2.15. The minimum atomic E-state index is -0.119. The van der Waals surface area contributed by atoms with Gasteiger partial charge in [0.25, 0.3) is 0 Å². The van der Waals surface area contributed by atoms with Gasteiger partial charge < -0.3 is 16.9 Å². The molecule has 0 saturated heterocycles. The minimum Gasteiger partial charge on any atom is -0.497 e. The van der Waals surface area contributed by atoms with Crippen molar-refractivity contribution in [2.75, 3.05) is 14.2 Å². The van der Waals surface area contributed by atoms with Crippen molar-refractivity contribution in [1.29, 1.82) is 0 Å². The van der Waals surface area contributed by atoms with Gasteiger partial charge >= 0.3 is 21.2 Å². The van der Waals surface area contributed by atoms with Gasteiger partial charge in [-0.05, 0) is 48.5 Å². The first kappa shape index (κ1) is 17.8. The van der Waals surface area contributed by atoms with Crippen LogP contribution in [0.15, 0.2) is 48.5 Å². The third kappa shape index (κ3) is 5.11. The van der Waals surface area contributed by atoms with E-state index >= 15 is 0 Å². The normalized spacial score (nSPS) is 8.95. The van der Waals surface area contributed by atoms with E-state index in [0.29, 0.717) is 0 Å². The Labute approximate surface area is 127 Å². The molecular weight excluding hydrogens is 351 g/mol. The molecule has 0 amide bonds. The van der Waals surface area contributed by atoms with Crippen molar-refractivity contribution >= 4 is 0 Å². The first-order valence-electron chi connectivity index (χ1n) is 5.25. The van der Waals surface area contributed by atoms with Crippen LogP contribution in [0.25, 0.3) is 0 Å². The van der Waals surface area contributed by atoms with Crippen molar-refractivity contribution in [2.24, 2.45) is 0 Å². The topological polar surface area (TPSA) is 18.5 Å². The summed E-state index contributed by atoms with van der Waals surface area (Å²) in [5.74, 6) is 1.82. The lowest BCUT2D eigenvalue weighted by Crippen LogP contribution is -3.61. The van der Waals surface area contributed by atoms with Crippen LogP contribution in [0.3, 0.4) is 0 Å². The molecule has 19 heavy (non-hydrogen) atoms. The highest BCUT2D eigenvalue weighted by atomic mass is 127. The second-order valence-electron chi connectivity index (χ2n) is 3.41. The zero-order valence-electron chi connectivity index (χ0n) is 10.8. The van der Waals surface area contributed by atoms with E-state index in [1.807, 2.05) is 24.3 Å². The largest absolute Gasteiger partial charge is 0.497 e. The van der Waals surface area contributed by atoms with E-state index in [4.69, 9.17) is 9.47 Å². The molecule has 0 atom stereocenters. The van der Waals surface area contributed by atoms with Crippen LogP contribution in [0.2, 0.25) is 0 Å². The van der Waals surface area contributed by atoms with E-state index in [9.17, 15) is 0 Å². The summed E-state index contributed by atoms with van der Waals surface area (Å²) >= 11 is -0.119. The van der Waals surface area contributed by atoms with Gasteiger partial charge in [-0.3, -0.25) is 0 Å². The van der Waals surface area contributed by atoms with Gasteiger partial charge in [-0.1, -0.05) is 7.43 Å². The summed E-state index contributed by atoms with van der Waals surface area (Å²) in [6.07, 6.45) is 0. The van der Waals surface area contributed by atoms with Gasteiger partial charge in [-0.25, -0.2) is 0 Å². The molecule has 0 heterocycles. The lowest BCUT2D eigenvalue weighted by atomic mass is 10.3. The number of halogens is 1. The number of hydrogen-bond donors (Lipinski definition) is 0. The average Bonchev–Trinajstić information content (AvgIpc) is 2.40. The van der Waals surface area contributed by atoms with Crippen molar-refractivity contribution < 1.29 is 30.7 Å². The van der Waals surface area contributed by atoms with E-state index < -0.39 is 0 Å². The summed E-state index contributed by atoms with van der Waals surface area (Å²) < 4.78 is 13.1. The summed E-state index contributed by atoms with van der Waals surface area (Å²) in [5, 5.41) is 0. The Balaban J connectivity index is 0.00000162. The lowest BCUT2D eigenvalue weighted by molar-refractivity contribution is -0.597. The smallest absolute Gasteiger partial charge is 0.357 e. The van der Waals surface area contributed by atoms with Crippen LogP contribution in [0, 0.1) is 14.6 Å². The Kier molecular flexibility index (Phi) is 8.23. The number of hydrogen-bond acceptors (Lipinski definition) is 2. The number of ether oxygens (including phenoxy) is 2. The highest BCUT2D eigenvalue weighted by Crippen LogP contribution is 2.07. The maximum Gasteiger partial charge on any atom is 0.357 e. The van der Waals surface area contributed by atoms with Crippen molar-refractivity contribution in [2.45, 2.75) is 7.43 Å². The molecule has 2 aromatic rings. The second-order valence-corrected chi connectivity index (χ2v) is 6.44. The van der Waals surface area contributed by atoms with E-state index in [1.165, 1.54) is 7.14 Å².